The number of carboxylic acids is 1. The Morgan fingerprint density at radius 2 is 2.05 bits per heavy atom. The lowest BCUT2D eigenvalue weighted by Gasteiger charge is -2.38. The zero-order valence-electron chi connectivity index (χ0n) is 10.9. The van der Waals surface area contributed by atoms with Gasteiger partial charge in [0.2, 0.25) is 5.91 Å². The van der Waals surface area contributed by atoms with Crippen LogP contribution in [0, 0.1) is 10.1 Å². The molecular weight excluding hydrogens is 376 g/mol. The van der Waals surface area contributed by atoms with Crippen LogP contribution in [0.15, 0.2) is 34.9 Å². The van der Waals surface area contributed by atoms with Crippen molar-refractivity contribution < 1.29 is 19.6 Å². The number of hydrogen-bond acceptors (Lipinski definition) is 5. The maximum absolute atomic E-state index is 11.8. The maximum atomic E-state index is 11.8. The molecule has 1 aromatic carbocycles. The fourth-order valence-electron chi connectivity index (χ4n) is 2.38. The van der Waals surface area contributed by atoms with Gasteiger partial charge >= 0.3 is 5.97 Å². The van der Waals surface area contributed by atoms with Crippen molar-refractivity contribution in [3.05, 3.63) is 50.5 Å². The number of alkyl halides is 1. The lowest BCUT2D eigenvalue weighted by atomic mass is 10.1. The Balaban J connectivity index is 1.86. The average Bonchev–Trinajstić information content (AvgIpc) is 2.83. The van der Waals surface area contributed by atoms with Gasteiger partial charge in [-0.15, -0.1) is 11.8 Å². The number of nitro benzene ring substituents is 1. The Kier molecular flexibility index (Phi) is 3.69. The molecule has 0 aliphatic carbocycles. The summed E-state index contributed by atoms with van der Waals surface area (Å²) in [5.41, 5.74) is 0.747. The van der Waals surface area contributed by atoms with Gasteiger partial charge in [-0.1, -0.05) is 28.1 Å². The number of hydrogen-bond donors (Lipinski definition) is 1. The number of nitrogens with zero attached hydrogens (tertiary/aromatic N) is 2. The summed E-state index contributed by atoms with van der Waals surface area (Å²) in [6.45, 7) is 0. The number of amides is 1. The topological polar surface area (TPSA) is 101 Å². The molecule has 114 valence electrons. The van der Waals surface area contributed by atoms with Crippen LogP contribution in [0.5, 0.6) is 0 Å². The molecular formula is C13H9BrN2O5S. The van der Waals surface area contributed by atoms with Gasteiger partial charge in [-0.25, -0.2) is 4.79 Å². The van der Waals surface area contributed by atoms with E-state index in [1.165, 1.54) is 28.8 Å². The van der Waals surface area contributed by atoms with E-state index in [4.69, 9.17) is 0 Å². The standard InChI is InChI=1S/C13H9BrN2O5S/c14-9-11(17)15-10(13(18)19)8(22-12(9)15)5-6-1-3-7(4-2-6)16(20)21/h1-4,9,12H,5H2,(H,18,19)/t9?,12-/m1/s1. The van der Waals surface area contributed by atoms with Gasteiger partial charge in [0.15, 0.2) is 0 Å². The third-order valence-electron chi connectivity index (χ3n) is 3.46. The summed E-state index contributed by atoms with van der Waals surface area (Å²) in [5, 5.41) is 19.7. The lowest BCUT2D eigenvalue weighted by Crippen LogP contribution is -2.58. The zero-order valence-corrected chi connectivity index (χ0v) is 13.3. The molecule has 1 aromatic rings. The average molecular weight is 385 g/mol. The summed E-state index contributed by atoms with van der Waals surface area (Å²) in [4.78, 5) is 34.8. The monoisotopic (exact) mass is 384 g/mol. The van der Waals surface area contributed by atoms with E-state index in [0.29, 0.717) is 11.3 Å². The normalized spacial score (nSPS) is 23.3. The fraction of sp³-hybridized carbons (Fsp3) is 0.231. The number of benzene rings is 1. The van der Waals surface area contributed by atoms with Crippen molar-refractivity contribution in [3.8, 4) is 0 Å². The number of carboxylic acid groups (broad SMARTS) is 1. The lowest BCUT2D eigenvalue weighted by molar-refractivity contribution is -0.384. The second-order valence-electron chi connectivity index (χ2n) is 4.80. The largest absolute Gasteiger partial charge is 0.477 e. The minimum absolute atomic E-state index is 0.00838. The first-order chi connectivity index (χ1) is 10.4. The number of halogens is 1. The number of thioether (sulfide) groups is 1. The summed E-state index contributed by atoms with van der Waals surface area (Å²) < 4.78 is 0. The highest BCUT2D eigenvalue weighted by Gasteiger charge is 2.54. The number of carbonyl (C=O) groups is 2. The molecule has 1 saturated heterocycles. The molecule has 1 fully saturated rings. The van der Waals surface area contributed by atoms with Crippen LogP contribution >= 0.6 is 27.7 Å². The number of β-lactam (4-membered cyclic amide) rings is 1. The van der Waals surface area contributed by atoms with Gasteiger partial charge < -0.3 is 5.11 Å². The van der Waals surface area contributed by atoms with E-state index >= 15 is 0 Å². The zero-order chi connectivity index (χ0) is 16.0. The number of carbonyl (C=O) groups excluding carboxylic acids is 1. The van der Waals surface area contributed by atoms with E-state index in [0.717, 1.165) is 5.56 Å². The Hall–Kier alpha value is -1.87. The van der Waals surface area contributed by atoms with Crippen molar-refractivity contribution in [3.63, 3.8) is 0 Å². The van der Waals surface area contributed by atoms with Gasteiger partial charge in [-0.2, -0.15) is 0 Å². The fourth-order valence-corrected chi connectivity index (χ4v) is 4.55. The second kappa shape index (κ2) is 5.40. The van der Waals surface area contributed by atoms with E-state index in [9.17, 15) is 24.8 Å². The summed E-state index contributed by atoms with van der Waals surface area (Å²) in [6.07, 6.45) is 0.324. The number of non-ortho nitro benzene ring substituents is 1. The second-order valence-corrected chi connectivity index (χ2v) is 6.99. The molecule has 7 nitrogen and oxygen atoms in total. The number of allylic oxidation sites excluding steroid dienone is 1. The highest BCUT2D eigenvalue weighted by Crippen LogP contribution is 2.49. The van der Waals surface area contributed by atoms with Gasteiger partial charge in [0.05, 0.1) is 4.92 Å². The number of aliphatic carboxylic acids is 1. The smallest absolute Gasteiger partial charge is 0.353 e. The molecule has 1 N–H and O–H groups in total. The minimum Gasteiger partial charge on any atom is -0.477 e. The molecule has 9 heteroatoms. The molecule has 1 amide bonds. The molecule has 0 aromatic heterocycles. The first kappa shape index (κ1) is 15.0. The van der Waals surface area contributed by atoms with E-state index in [1.807, 2.05) is 0 Å². The van der Waals surface area contributed by atoms with Gasteiger partial charge in [0.1, 0.15) is 15.9 Å². The third kappa shape index (κ3) is 2.30. The van der Waals surface area contributed by atoms with Crippen LogP contribution in [0.4, 0.5) is 5.69 Å². The van der Waals surface area contributed by atoms with Crippen LogP contribution in [0.25, 0.3) is 0 Å². The van der Waals surface area contributed by atoms with Crippen LogP contribution in [-0.2, 0) is 16.0 Å². The van der Waals surface area contributed by atoms with Crippen LogP contribution in [0.2, 0.25) is 0 Å². The van der Waals surface area contributed by atoms with Crippen molar-refractivity contribution in [1.29, 1.82) is 0 Å². The molecule has 0 spiro atoms. The summed E-state index contributed by atoms with van der Waals surface area (Å²) >= 11 is 4.58. The summed E-state index contributed by atoms with van der Waals surface area (Å²) in [5.74, 6) is -1.40. The third-order valence-corrected chi connectivity index (χ3v) is 6.05. The van der Waals surface area contributed by atoms with Crippen molar-refractivity contribution in [2.24, 2.45) is 0 Å². The van der Waals surface area contributed by atoms with Crippen LogP contribution in [0.3, 0.4) is 0 Å². The highest BCUT2D eigenvalue weighted by molar-refractivity contribution is 9.10. The minimum atomic E-state index is -1.14. The molecule has 2 aliphatic rings. The van der Waals surface area contributed by atoms with Crippen LogP contribution in [0.1, 0.15) is 5.56 Å². The van der Waals surface area contributed by atoms with Gasteiger partial charge in [-0.3, -0.25) is 19.8 Å². The first-order valence-electron chi connectivity index (χ1n) is 6.23. The Morgan fingerprint density at radius 3 is 2.59 bits per heavy atom. The predicted octanol–water partition coefficient (Wildman–Crippen LogP) is 2.11. The molecule has 22 heavy (non-hydrogen) atoms. The van der Waals surface area contributed by atoms with Crippen molar-refractivity contribution >= 4 is 45.3 Å². The van der Waals surface area contributed by atoms with Crippen molar-refractivity contribution in [1.82, 2.24) is 4.90 Å². The first-order valence-corrected chi connectivity index (χ1v) is 8.03. The Labute approximate surface area is 137 Å². The van der Waals surface area contributed by atoms with Crippen LogP contribution < -0.4 is 0 Å². The predicted molar refractivity (Wildman–Crippen MR) is 82.4 cm³/mol. The number of nitro groups is 1. The van der Waals surface area contributed by atoms with Gasteiger partial charge in [0.25, 0.3) is 5.69 Å². The Bertz CT molecular complexity index is 718. The molecule has 3 rings (SSSR count). The molecule has 0 bridgehead atoms. The Morgan fingerprint density at radius 1 is 1.41 bits per heavy atom. The van der Waals surface area contributed by atoms with E-state index in [2.05, 4.69) is 15.9 Å². The van der Waals surface area contributed by atoms with E-state index in [1.54, 1.807) is 12.1 Å². The molecule has 0 saturated carbocycles. The number of fused-ring (bicyclic) bond motifs is 1. The quantitative estimate of drug-likeness (QED) is 0.369. The molecule has 1 unspecified atom stereocenters. The van der Waals surface area contributed by atoms with E-state index in [-0.39, 0.29) is 27.5 Å². The maximum Gasteiger partial charge on any atom is 0.353 e. The molecule has 2 aliphatic heterocycles. The molecule has 2 atom stereocenters. The van der Waals surface area contributed by atoms with Crippen LogP contribution in [-0.4, -0.2) is 37.0 Å². The molecule has 0 radical (unpaired) electrons. The van der Waals surface area contributed by atoms with Crippen molar-refractivity contribution in [2.75, 3.05) is 0 Å². The number of rotatable bonds is 4. The molecule has 2 heterocycles. The summed E-state index contributed by atoms with van der Waals surface area (Å²) in [6, 6.07) is 5.94. The van der Waals surface area contributed by atoms with Gasteiger partial charge in [-0.05, 0) is 5.56 Å². The SMILES string of the molecule is O=C(O)C1=C(Cc2ccc([N+](=O)[O-])cc2)S[C@@H]2C(Br)C(=O)N12. The van der Waals surface area contributed by atoms with Crippen molar-refractivity contribution in [2.45, 2.75) is 16.6 Å². The summed E-state index contributed by atoms with van der Waals surface area (Å²) in [7, 11) is 0. The highest BCUT2D eigenvalue weighted by atomic mass is 79.9. The van der Waals surface area contributed by atoms with Gasteiger partial charge in [0, 0.05) is 23.5 Å². The van der Waals surface area contributed by atoms with E-state index < -0.39 is 10.9 Å².